The Morgan fingerprint density at radius 2 is 1.51 bits per heavy atom. The Hall–Kier alpha value is -2.79. The molecule has 4 atom stereocenters. The van der Waals surface area contributed by atoms with Crippen molar-refractivity contribution >= 4 is 17.1 Å². The van der Waals surface area contributed by atoms with Crippen molar-refractivity contribution in [1.82, 2.24) is 19.5 Å². The molecule has 10 heteroatoms. The van der Waals surface area contributed by atoms with Crippen LogP contribution in [0.4, 0.5) is 5.95 Å². The van der Waals surface area contributed by atoms with Gasteiger partial charge in [-0.1, -0.05) is 134 Å². The molecular formula is C35H55N5O5. The van der Waals surface area contributed by atoms with E-state index in [0.29, 0.717) is 13.0 Å². The van der Waals surface area contributed by atoms with Crippen LogP contribution in [0.15, 0.2) is 41.5 Å². The third kappa shape index (κ3) is 9.61. The van der Waals surface area contributed by atoms with E-state index in [0.717, 1.165) is 24.8 Å². The average molecular weight is 626 g/mol. The predicted molar refractivity (Wildman–Crippen MR) is 178 cm³/mol. The first-order chi connectivity index (χ1) is 22.0. The topological polar surface area (TPSA) is 149 Å². The minimum Gasteiger partial charge on any atom is -0.394 e. The van der Waals surface area contributed by atoms with Crippen LogP contribution in [0.1, 0.15) is 115 Å². The van der Waals surface area contributed by atoms with Gasteiger partial charge in [0.05, 0.1) is 12.9 Å². The second-order valence-electron chi connectivity index (χ2n) is 12.7. The first-order valence-corrected chi connectivity index (χ1v) is 17.4. The van der Waals surface area contributed by atoms with Gasteiger partial charge >= 0.3 is 0 Å². The van der Waals surface area contributed by atoms with Crippen LogP contribution in [-0.2, 0) is 21.6 Å². The van der Waals surface area contributed by atoms with Gasteiger partial charge in [0.1, 0.15) is 18.3 Å². The highest BCUT2D eigenvalue weighted by molar-refractivity contribution is 5.71. The van der Waals surface area contributed by atoms with Crippen molar-refractivity contribution in [3.05, 3.63) is 52.6 Å². The number of nitrogens with zero attached hydrogens (tertiary/aromatic N) is 3. The van der Waals surface area contributed by atoms with Gasteiger partial charge in [0, 0.05) is 13.0 Å². The number of ether oxygens (including phenoxy) is 2. The summed E-state index contributed by atoms with van der Waals surface area (Å²) in [6, 6.07) is 9.71. The number of aromatic amines is 1. The minimum absolute atomic E-state index is 0.0491. The van der Waals surface area contributed by atoms with Gasteiger partial charge in [0.25, 0.3) is 5.56 Å². The number of aliphatic hydroxyl groups is 2. The molecule has 0 spiro atoms. The fraction of sp³-hybridized carbons (Fsp3) is 0.686. The fourth-order valence-corrected chi connectivity index (χ4v) is 6.61. The van der Waals surface area contributed by atoms with Crippen LogP contribution in [0, 0.1) is 0 Å². The molecule has 1 aliphatic heterocycles. The van der Waals surface area contributed by atoms with Gasteiger partial charge in [-0.15, -0.1) is 0 Å². The Morgan fingerprint density at radius 1 is 0.933 bits per heavy atom. The second kappa shape index (κ2) is 18.4. The van der Waals surface area contributed by atoms with Crippen molar-refractivity contribution in [1.29, 1.82) is 0 Å². The number of anilines is 1. The summed E-state index contributed by atoms with van der Waals surface area (Å²) < 4.78 is 14.5. The third-order valence-corrected chi connectivity index (χ3v) is 9.10. The maximum atomic E-state index is 12.6. The molecule has 0 radical (unpaired) electrons. The molecule has 0 aliphatic carbocycles. The number of nitrogens with one attached hydrogen (secondary N) is 1. The van der Waals surface area contributed by atoms with Gasteiger partial charge in [0.2, 0.25) is 5.95 Å². The van der Waals surface area contributed by atoms with Crippen LogP contribution >= 0.6 is 0 Å². The molecule has 3 aromatic rings. The van der Waals surface area contributed by atoms with Gasteiger partial charge in [-0.2, -0.15) is 4.98 Å². The lowest BCUT2D eigenvalue weighted by Crippen LogP contribution is -2.49. The molecule has 4 rings (SSSR count). The lowest BCUT2D eigenvalue weighted by molar-refractivity contribution is -0.160. The zero-order chi connectivity index (χ0) is 31.9. The van der Waals surface area contributed by atoms with E-state index in [1.807, 2.05) is 30.3 Å². The van der Waals surface area contributed by atoms with Crippen LogP contribution in [0.25, 0.3) is 11.2 Å². The first-order valence-electron chi connectivity index (χ1n) is 17.4. The third-order valence-electron chi connectivity index (χ3n) is 9.10. The molecule has 1 saturated heterocycles. The number of imidazole rings is 1. The van der Waals surface area contributed by atoms with Crippen molar-refractivity contribution in [2.75, 3.05) is 18.9 Å². The maximum absolute atomic E-state index is 12.6. The summed E-state index contributed by atoms with van der Waals surface area (Å²) in [6.07, 6.45) is 19.6. The molecule has 0 amide bonds. The minimum atomic E-state index is -1.31. The zero-order valence-electron chi connectivity index (χ0n) is 27.2. The van der Waals surface area contributed by atoms with Gasteiger partial charge in [-0.05, 0) is 12.0 Å². The number of fused-ring (bicyclic) bond motifs is 1. The van der Waals surface area contributed by atoms with E-state index < -0.39 is 29.6 Å². The second-order valence-corrected chi connectivity index (χ2v) is 12.7. The molecule has 0 unspecified atom stereocenters. The van der Waals surface area contributed by atoms with E-state index in [4.69, 9.17) is 15.2 Å². The van der Waals surface area contributed by atoms with E-state index in [1.165, 1.54) is 89.8 Å². The molecule has 5 N–H and O–H groups in total. The Kier molecular flexibility index (Phi) is 14.3. The molecule has 2 aromatic heterocycles. The van der Waals surface area contributed by atoms with Crippen molar-refractivity contribution in [3.8, 4) is 0 Å². The van der Waals surface area contributed by atoms with E-state index in [-0.39, 0.29) is 23.7 Å². The molecule has 45 heavy (non-hydrogen) atoms. The standard InChI is InChI=1S/C35H55N5O5/c1-2-3-4-5-6-7-8-9-10-11-12-13-14-15-16-20-23-44-31-30(42)28(25-41)45-35(31,24-27-21-18-17-19-22-27)40-26-37-29-32(40)38-34(36)39-33(29)43/h17-19,21-22,26,28,30-31,41-42H,2-16,20,23-25H2,1H3,(H3,36,38,39,43)/t28-,30-,31-,35-/m1/s1. The molecule has 0 bridgehead atoms. The molecular weight excluding hydrogens is 570 g/mol. The summed E-state index contributed by atoms with van der Waals surface area (Å²) >= 11 is 0. The van der Waals surface area contributed by atoms with Crippen LogP contribution in [0.2, 0.25) is 0 Å². The highest BCUT2D eigenvalue weighted by Gasteiger charge is 2.57. The molecule has 0 saturated carbocycles. The summed E-state index contributed by atoms with van der Waals surface area (Å²) in [5.41, 5.74) is 5.39. The van der Waals surface area contributed by atoms with Gasteiger partial charge in [-0.3, -0.25) is 14.3 Å². The monoisotopic (exact) mass is 625 g/mol. The van der Waals surface area contributed by atoms with Gasteiger partial charge < -0.3 is 25.4 Å². The van der Waals surface area contributed by atoms with Gasteiger partial charge in [0.15, 0.2) is 16.9 Å². The van der Waals surface area contributed by atoms with Crippen LogP contribution in [-0.4, -0.2) is 61.3 Å². The highest BCUT2D eigenvalue weighted by Crippen LogP contribution is 2.42. The Balaban J connectivity index is 1.28. The summed E-state index contributed by atoms with van der Waals surface area (Å²) in [7, 11) is 0. The highest BCUT2D eigenvalue weighted by atomic mass is 16.6. The zero-order valence-corrected chi connectivity index (χ0v) is 27.2. The number of aromatic nitrogens is 4. The lowest BCUT2D eigenvalue weighted by Gasteiger charge is -2.36. The summed E-state index contributed by atoms with van der Waals surface area (Å²) in [6.45, 7) is 2.31. The molecule has 10 nitrogen and oxygen atoms in total. The number of benzene rings is 1. The summed E-state index contributed by atoms with van der Waals surface area (Å²) in [5.74, 6) is -0.0491. The predicted octanol–water partition coefficient (Wildman–Crippen LogP) is 6.00. The van der Waals surface area contributed by atoms with Crippen LogP contribution in [0.5, 0.6) is 0 Å². The van der Waals surface area contributed by atoms with E-state index >= 15 is 0 Å². The van der Waals surface area contributed by atoms with Crippen molar-refractivity contribution in [2.45, 2.75) is 140 Å². The number of hydrogen-bond acceptors (Lipinski definition) is 8. The van der Waals surface area contributed by atoms with E-state index in [9.17, 15) is 15.0 Å². The normalized spacial score (nSPS) is 21.6. The SMILES string of the molecule is CCCCCCCCCCCCCCCCCCO[C@@H]1[C@H](O)[C@@H](CO)O[C@@]1(Cc1ccccc1)n1cnc2c(=O)[nH]c(N)nc21. The number of nitrogens with two attached hydrogens (primary N) is 1. The summed E-state index contributed by atoms with van der Waals surface area (Å²) in [5, 5.41) is 21.4. The Morgan fingerprint density at radius 3 is 2.09 bits per heavy atom. The number of hydrogen-bond donors (Lipinski definition) is 4. The Labute approximate surface area is 267 Å². The number of H-pyrrole nitrogens is 1. The van der Waals surface area contributed by atoms with E-state index in [1.54, 1.807) is 4.57 Å². The van der Waals surface area contributed by atoms with Crippen LogP contribution < -0.4 is 11.3 Å². The number of unbranched alkanes of at least 4 members (excludes halogenated alkanes) is 15. The Bertz CT molecular complexity index is 1310. The molecule has 1 aromatic carbocycles. The quantitative estimate of drug-likeness (QED) is 0.0995. The molecule has 250 valence electrons. The van der Waals surface area contributed by atoms with Crippen molar-refractivity contribution in [3.63, 3.8) is 0 Å². The molecule has 1 aliphatic rings. The lowest BCUT2D eigenvalue weighted by atomic mass is 9.94. The number of nitrogen functional groups attached to an aromatic ring is 1. The van der Waals surface area contributed by atoms with Crippen LogP contribution in [0.3, 0.4) is 0 Å². The van der Waals surface area contributed by atoms with E-state index in [2.05, 4.69) is 21.9 Å². The maximum Gasteiger partial charge on any atom is 0.280 e. The first kappa shape index (κ1) is 35.1. The smallest absolute Gasteiger partial charge is 0.280 e. The van der Waals surface area contributed by atoms with Gasteiger partial charge in [-0.25, -0.2) is 4.98 Å². The number of rotatable bonds is 22. The van der Waals surface area contributed by atoms with Crippen molar-refractivity contribution < 1.29 is 19.7 Å². The summed E-state index contributed by atoms with van der Waals surface area (Å²) in [4.78, 5) is 23.7. The fourth-order valence-electron chi connectivity index (χ4n) is 6.61. The molecule has 1 fully saturated rings. The molecule has 3 heterocycles. The largest absolute Gasteiger partial charge is 0.394 e. The number of aliphatic hydroxyl groups excluding tert-OH is 2. The average Bonchev–Trinajstić information content (AvgIpc) is 3.58. The van der Waals surface area contributed by atoms with Crippen molar-refractivity contribution in [2.24, 2.45) is 0 Å².